The van der Waals surface area contributed by atoms with Crippen molar-refractivity contribution in [3.8, 4) is 5.75 Å². The number of esters is 1. The molecule has 0 aliphatic heterocycles. The van der Waals surface area contributed by atoms with Gasteiger partial charge >= 0.3 is 5.97 Å². The molecule has 0 fully saturated rings. The van der Waals surface area contributed by atoms with Crippen LogP contribution in [0.3, 0.4) is 0 Å². The van der Waals surface area contributed by atoms with E-state index >= 15 is 0 Å². The van der Waals surface area contributed by atoms with Crippen molar-refractivity contribution in [2.24, 2.45) is 0 Å². The number of carbonyl (C=O) groups is 2. The summed E-state index contributed by atoms with van der Waals surface area (Å²) in [4.78, 5) is 22.3. The molecule has 5 heteroatoms. The number of amides is 1. The van der Waals surface area contributed by atoms with Crippen LogP contribution in [0.5, 0.6) is 5.75 Å². The molecule has 1 aromatic carbocycles. The predicted octanol–water partition coefficient (Wildman–Crippen LogP) is 1.39. The number of benzene rings is 1. The van der Waals surface area contributed by atoms with Crippen LogP contribution in [0.1, 0.15) is 12.5 Å². The first-order valence-corrected chi connectivity index (χ1v) is 5.94. The summed E-state index contributed by atoms with van der Waals surface area (Å²) < 4.78 is 10.2. The Labute approximate surface area is 112 Å². The summed E-state index contributed by atoms with van der Waals surface area (Å²) in [6.07, 6.45) is 2.86. The standard InChI is InChI=1S/C14H17NO4/c1-3-18-12-7-5-4-6-11(12)8-9-14(17)19-10-13(16)15-2/h4-9H,3,10H2,1-2H3,(H,15,16)/b9-8+. The molecule has 0 heterocycles. The van der Waals surface area contributed by atoms with E-state index in [9.17, 15) is 9.59 Å². The average molecular weight is 263 g/mol. The predicted molar refractivity (Wildman–Crippen MR) is 71.7 cm³/mol. The van der Waals surface area contributed by atoms with Crippen LogP contribution in [0.4, 0.5) is 0 Å². The van der Waals surface area contributed by atoms with E-state index in [1.165, 1.54) is 13.1 Å². The highest BCUT2D eigenvalue weighted by atomic mass is 16.5. The van der Waals surface area contributed by atoms with Gasteiger partial charge in [0.05, 0.1) is 6.61 Å². The topological polar surface area (TPSA) is 64.6 Å². The highest BCUT2D eigenvalue weighted by molar-refractivity contribution is 5.89. The second kappa shape index (κ2) is 7.92. The molecule has 102 valence electrons. The van der Waals surface area contributed by atoms with Gasteiger partial charge in [0.1, 0.15) is 5.75 Å². The van der Waals surface area contributed by atoms with Crippen molar-refractivity contribution in [1.29, 1.82) is 0 Å². The number of carbonyl (C=O) groups excluding carboxylic acids is 2. The molecule has 19 heavy (non-hydrogen) atoms. The molecule has 0 saturated carbocycles. The third-order valence-electron chi connectivity index (χ3n) is 2.24. The molecule has 0 spiro atoms. The van der Waals surface area contributed by atoms with Gasteiger partial charge in [-0.2, -0.15) is 0 Å². The van der Waals surface area contributed by atoms with Gasteiger partial charge in [0.15, 0.2) is 6.61 Å². The first-order chi connectivity index (χ1) is 9.17. The van der Waals surface area contributed by atoms with Crippen molar-refractivity contribution in [2.45, 2.75) is 6.92 Å². The van der Waals surface area contributed by atoms with Crippen LogP contribution >= 0.6 is 0 Å². The zero-order valence-corrected chi connectivity index (χ0v) is 11.0. The van der Waals surface area contributed by atoms with E-state index in [0.717, 1.165) is 5.56 Å². The molecule has 1 rings (SSSR count). The summed E-state index contributed by atoms with van der Waals surface area (Å²) in [5.74, 6) is -0.230. The summed E-state index contributed by atoms with van der Waals surface area (Å²) in [5, 5.41) is 2.36. The second-order valence-corrected chi connectivity index (χ2v) is 3.59. The minimum Gasteiger partial charge on any atom is -0.493 e. The lowest BCUT2D eigenvalue weighted by atomic mass is 10.2. The van der Waals surface area contributed by atoms with E-state index in [2.05, 4.69) is 5.32 Å². The van der Waals surface area contributed by atoms with Crippen molar-refractivity contribution < 1.29 is 19.1 Å². The maximum atomic E-state index is 11.4. The normalized spacial score (nSPS) is 10.2. The average Bonchev–Trinajstić information content (AvgIpc) is 2.44. The molecule has 1 aromatic rings. The van der Waals surface area contributed by atoms with E-state index in [1.54, 1.807) is 6.08 Å². The fraction of sp³-hybridized carbons (Fsp3) is 0.286. The van der Waals surface area contributed by atoms with Crippen LogP contribution in [0.25, 0.3) is 6.08 Å². The molecule has 0 radical (unpaired) electrons. The molecule has 0 unspecified atom stereocenters. The van der Waals surface area contributed by atoms with Gasteiger partial charge in [-0.15, -0.1) is 0 Å². The zero-order valence-electron chi connectivity index (χ0n) is 11.0. The van der Waals surface area contributed by atoms with Crippen LogP contribution in [0, 0.1) is 0 Å². The quantitative estimate of drug-likeness (QED) is 0.622. The molecule has 1 amide bonds. The SMILES string of the molecule is CCOc1ccccc1/C=C/C(=O)OCC(=O)NC. The molecule has 0 aromatic heterocycles. The Morgan fingerprint density at radius 2 is 2.05 bits per heavy atom. The van der Waals surface area contributed by atoms with Gasteiger partial charge in [0.25, 0.3) is 5.91 Å². The first-order valence-electron chi connectivity index (χ1n) is 5.94. The first kappa shape index (κ1) is 14.8. The highest BCUT2D eigenvalue weighted by Gasteiger charge is 2.03. The van der Waals surface area contributed by atoms with Crippen molar-refractivity contribution in [2.75, 3.05) is 20.3 Å². The summed E-state index contributed by atoms with van der Waals surface area (Å²) >= 11 is 0. The number of nitrogens with one attached hydrogen (secondary N) is 1. The maximum Gasteiger partial charge on any atom is 0.331 e. The molecule has 0 saturated heterocycles. The Morgan fingerprint density at radius 1 is 1.32 bits per heavy atom. The van der Waals surface area contributed by atoms with Gasteiger partial charge in [0.2, 0.25) is 0 Å². The van der Waals surface area contributed by atoms with Gasteiger partial charge in [-0.1, -0.05) is 18.2 Å². The Hall–Kier alpha value is -2.30. The Bertz CT molecular complexity index is 468. The van der Waals surface area contributed by atoms with Crippen molar-refractivity contribution in [1.82, 2.24) is 5.32 Å². The fourth-order valence-corrected chi connectivity index (χ4v) is 1.32. The van der Waals surface area contributed by atoms with E-state index in [4.69, 9.17) is 9.47 Å². The minimum atomic E-state index is -0.574. The molecular weight excluding hydrogens is 246 g/mol. The van der Waals surface area contributed by atoms with E-state index < -0.39 is 5.97 Å². The summed E-state index contributed by atoms with van der Waals surface area (Å²) in [6, 6.07) is 7.34. The van der Waals surface area contributed by atoms with Gasteiger partial charge < -0.3 is 14.8 Å². The third-order valence-corrected chi connectivity index (χ3v) is 2.24. The number of ether oxygens (including phenoxy) is 2. The number of hydrogen-bond donors (Lipinski definition) is 1. The van der Waals surface area contributed by atoms with Gasteiger partial charge in [-0.3, -0.25) is 4.79 Å². The molecule has 5 nitrogen and oxygen atoms in total. The summed E-state index contributed by atoms with van der Waals surface area (Å²) in [7, 11) is 1.48. The largest absolute Gasteiger partial charge is 0.493 e. The molecule has 1 N–H and O–H groups in total. The number of hydrogen-bond acceptors (Lipinski definition) is 4. The fourth-order valence-electron chi connectivity index (χ4n) is 1.32. The molecule has 0 bridgehead atoms. The Morgan fingerprint density at radius 3 is 2.74 bits per heavy atom. The van der Waals surface area contributed by atoms with Crippen LogP contribution in [0.2, 0.25) is 0 Å². The van der Waals surface area contributed by atoms with Crippen molar-refractivity contribution in [3.63, 3.8) is 0 Å². The lowest BCUT2D eigenvalue weighted by molar-refractivity contribution is -0.143. The zero-order chi connectivity index (χ0) is 14.1. The molecule has 0 atom stereocenters. The van der Waals surface area contributed by atoms with Crippen LogP contribution in [0.15, 0.2) is 30.3 Å². The van der Waals surface area contributed by atoms with E-state index in [-0.39, 0.29) is 12.5 Å². The lowest BCUT2D eigenvalue weighted by Crippen LogP contribution is -2.24. The maximum absolute atomic E-state index is 11.4. The molecule has 0 aliphatic carbocycles. The van der Waals surface area contributed by atoms with E-state index in [1.807, 2.05) is 31.2 Å². The lowest BCUT2D eigenvalue weighted by Gasteiger charge is -2.06. The number of rotatable bonds is 6. The van der Waals surface area contributed by atoms with Crippen LogP contribution in [-0.4, -0.2) is 32.1 Å². The Balaban J connectivity index is 2.60. The van der Waals surface area contributed by atoms with Gasteiger partial charge in [0, 0.05) is 18.7 Å². The smallest absolute Gasteiger partial charge is 0.331 e. The molecule has 0 aliphatic rings. The van der Waals surface area contributed by atoms with Gasteiger partial charge in [-0.25, -0.2) is 4.79 Å². The molecular formula is C14H17NO4. The summed E-state index contributed by atoms with van der Waals surface area (Å²) in [6.45, 7) is 2.15. The van der Waals surface area contributed by atoms with Crippen LogP contribution in [-0.2, 0) is 14.3 Å². The summed E-state index contributed by atoms with van der Waals surface area (Å²) in [5.41, 5.74) is 0.779. The minimum absolute atomic E-state index is 0.285. The second-order valence-electron chi connectivity index (χ2n) is 3.59. The van der Waals surface area contributed by atoms with Crippen LogP contribution < -0.4 is 10.1 Å². The number of para-hydroxylation sites is 1. The van der Waals surface area contributed by atoms with Crippen molar-refractivity contribution >= 4 is 18.0 Å². The third kappa shape index (κ3) is 5.25. The monoisotopic (exact) mass is 263 g/mol. The van der Waals surface area contributed by atoms with E-state index in [0.29, 0.717) is 12.4 Å². The van der Waals surface area contributed by atoms with Crippen molar-refractivity contribution in [3.05, 3.63) is 35.9 Å². The number of likely N-dealkylation sites (N-methyl/N-ethyl adjacent to an activating group) is 1. The van der Waals surface area contributed by atoms with Gasteiger partial charge in [-0.05, 0) is 19.1 Å². The Kier molecular flexibility index (Phi) is 6.15. The highest BCUT2D eigenvalue weighted by Crippen LogP contribution is 2.19.